The van der Waals surface area contributed by atoms with E-state index in [1.54, 1.807) is 0 Å². The number of rotatable bonds is 5. The van der Waals surface area contributed by atoms with Crippen LogP contribution in [-0.4, -0.2) is 36.5 Å². The summed E-state index contributed by atoms with van der Waals surface area (Å²) in [5, 5.41) is 3.17. The quantitative estimate of drug-likeness (QED) is 0.641. The van der Waals surface area contributed by atoms with E-state index < -0.39 is 0 Å². The fourth-order valence-corrected chi connectivity index (χ4v) is 2.44. The summed E-state index contributed by atoms with van der Waals surface area (Å²) in [4.78, 5) is 6.85. The molecule has 1 fully saturated rings. The Morgan fingerprint density at radius 2 is 1.95 bits per heavy atom. The van der Waals surface area contributed by atoms with E-state index in [1.165, 1.54) is 24.0 Å². The van der Waals surface area contributed by atoms with Crippen molar-refractivity contribution in [2.45, 2.75) is 45.7 Å². The molecular weight excluding hydrogens is 248 g/mol. The fourth-order valence-electron chi connectivity index (χ4n) is 2.44. The molecule has 0 bridgehead atoms. The Kier molecular flexibility index (Phi) is 4.65. The largest absolute Gasteiger partial charge is 0.370 e. The van der Waals surface area contributed by atoms with Crippen LogP contribution in [0, 0.1) is 13.8 Å². The smallest absolute Gasteiger partial charge is 0.193 e. The van der Waals surface area contributed by atoms with Crippen molar-refractivity contribution in [3.8, 4) is 0 Å². The second-order valence-corrected chi connectivity index (χ2v) is 5.97. The molecule has 0 radical (unpaired) electrons. The summed E-state index contributed by atoms with van der Waals surface area (Å²) in [5.74, 6) is 0.492. The molecule has 0 aliphatic heterocycles. The fraction of sp³-hybridized carbons (Fsp3) is 0.562. The van der Waals surface area contributed by atoms with Gasteiger partial charge in [0.2, 0.25) is 0 Å². The first-order valence-corrected chi connectivity index (χ1v) is 7.33. The molecule has 1 unspecified atom stereocenters. The summed E-state index contributed by atoms with van der Waals surface area (Å²) in [6.45, 7) is 7.10. The normalized spacial score (nSPS) is 17.4. The zero-order chi connectivity index (χ0) is 14.7. The van der Waals surface area contributed by atoms with Gasteiger partial charge in [-0.05, 0) is 63.9 Å². The zero-order valence-electron chi connectivity index (χ0n) is 13.0. The minimum atomic E-state index is 0.432. The van der Waals surface area contributed by atoms with Crippen LogP contribution in [0.4, 0.5) is 5.69 Å². The zero-order valence-corrected chi connectivity index (χ0v) is 13.0. The molecule has 4 nitrogen and oxygen atoms in total. The molecule has 1 aromatic carbocycles. The van der Waals surface area contributed by atoms with Crippen LogP contribution >= 0.6 is 0 Å². The average Bonchev–Trinajstić information content (AvgIpc) is 3.17. The van der Waals surface area contributed by atoms with Gasteiger partial charge in [-0.3, -0.25) is 9.89 Å². The van der Waals surface area contributed by atoms with Crippen molar-refractivity contribution in [1.82, 2.24) is 4.90 Å². The maximum Gasteiger partial charge on any atom is 0.193 e. The van der Waals surface area contributed by atoms with Crippen LogP contribution in [0.15, 0.2) is 23.2 Å². The molecule has 2 rings (SSSR count). The molecule has 20 heavy (non-hydrogen) atoms. The lowest BCUT2D eigenvalue weighted by molar-refractivity contribution is 0.253. The van der Waals surface area contributed by atoms with Crippen LogP contribution in [0.1, 0.15) is 30.9 Å². The van der Waals surface area contributed by atoms with Crippen LogP contribution in [0.3, 0.4) is 0 Å². The van der Waals surface area contributed by atoms with Gasteiger partial charge in [-0.1, -0.05) is 6.07 Å². The average molecular weight is 274 g/mol. The summed E-state index contributed by atoms with van der Waals surface area (Å²) in [6, 6.07) is 7.49. The Hall–Kier alpha value is -1.55. The predicted octanol–water partition coefficient (Wildman–Crippen LogP) is 2.51. The molecule has 3 N–H and O–H groups in total. The summed E-state index contributed by atoms with van der Waals surface area (Å²) >= 11 is 0. The number of likely N-dealkylation sites (N-methyl/N-ethyl adjacent to an activating group) is 1. The highest BCUT2D eigenvalue weighted by molar-refractivity contribution is 5.92. The van der Waals surface area contributed by atoms with Gasteiger partial charge in [-0.15, -0.1) is 0 Å². The minimum Gasteiger partial charge on any atom is -0.370 e. The van der Waals surface area contributed by atoms with Gasteiger partial charge in [0.05, 0.1) is 6.54 Å². The summed E-state index contributed by atoms with van der Waals surface area (Å²) in [7, 11) is 2.17. The summed E-state index contributed by atoms with van der Waals surface area (Å²) < 4.78 is 0. The summed E-state index contributed by atoms with van der Waals surface area (Å²) in [5.41, 5.74) is 9.42. The number of guanidine groups is 1. The number of hydrogen-bond acceptors (Lipinski definition) is 2. The van der Waals surface area contributed by atoms with Gasteiger partial charge in [0.25, 0.3) is 0 Å². The maximum absolute atomic E-state index is 5.97. The van der Waals surface area contributed by atoms with Crippen molar-refractivity contribution in [1.29, 1.82) is 0 Å². The van der Waals surface area contributed by atoms with E-state index in [0.29, 0.717) is 12.0 Å². The molecule has 0 amide bonds. The Labute approximate surface area is 122 Å². The molecule has 0 spiro atoms. The molecule has 1 saturated carbocycles. The van der Waals surface area contributed by atoms with Gasteiger partial charge in [0.15, 0.2) is 5.96 Å². The lowest BCUT2D eigenvalue weighted by Gasteiger charge is -2.22. The van der Waals surface area contributed by atoms with E-state index in [2.05, 4.69) is 61.2 Å². The third kappa shape index (κ3) is 4.23. The monoisotopic (exact) mass is 274 g/mol. The van der Waals surface area contributed by atoms with E-state index in [4.69, 9.17) is 5.73 Å². The molecule has 0 saturated heterocycles. The van der Waals surface area contributed by atoms with Gasteiger partial charge in [0, 0.05) is 17.8 Å². The van der Waals surface area contributed by atoms with Gasteiger partial charge < -0.3 is 11.1 Å². The highest BCUT2D eigenvalue weighted by Gasteiger charge is 2.28. The molecule has 0 aromatic heterocycles. The number of anilines is 1. The molecule has 1 aliphatic carbocycles. The number of aliphatic imine (C=N–C) groups is 1. The van der Waals surface area contributed by atoms with Crippen LogP contribution < -0.4 is 11.1 Å². The lowest BCUT2D eigenvalue weighted by Crippen LogP contribution is -2.34. The van der Waals surface area contributed by atoms with Gasteiger partial charge in [-0.2, -0.15) is 0 Å². The first kappa shape index (κ1) is 14.9. The lowest BCUT2D eigenvalue weighted by atomic mass is 10.1. The molecule has 110 valence electrons. The van der Waals surface area contributed by atoms with Gasteiger partial charge in [0.1, 0.15) is 0 Å². The van der Waals surface area contributed by atoms with Crippen LogP contribution in [0.25, 0.3) is 0 Å². The first-order valence-electron chi connectivity index (χ1n) is 7.33. The third-order valence-corrected chi connectivity index (χ3v) is 3.84. The van der Waals surface area contributed by atoms with Gasteiger partial charge >= 0.3 is 0 Å². The number of aryl methyl sites for hydroxylation is 2. The highest BCUT2D eigenvalue weighted by atomic mass is 15.2. The Morgan fingerprint density at radius 3 is 2.50 bits per heavy atom. The van der Waals surface area contributed by atoms with E-state index in [-0.39, 0.29) is 0 Å². The molecular formula is C16H26N4. The van der Waals surface area contributed by atoms with Crippen molar-refractivity contribution in [3.63, 3.8) is 0 Å². The maximum atomic E-state index is 5.97. The van der Waals surface area contributed by atoms with E-state index in [9.17, 15) is 0 Å². The third-order valence-electron chi connectivity index (χ3n) is 3.84. The second kappa shape index (κ2) is 6.27. The predicted molar refractivity (Wildman–Crippen MR) is 86.3 cm³/mol. The van der Waals surface area contributed by atoms with Crippen molar-refractivity contribution in [3.05, 3.63) is 29.3 Å². The molecule has 1 atom stereocenters. The van der Waals surface area contributed by atoms with Crippen molar-refractivity contribution in [2.24, 2.45) is 10.7 Å². The molecule has 1 aliphatic rings. The van der Waals surface area contributed by atoms with Crippen molar-refractivity contribution < 1.29 is 0 Å². The molecule has 1 aromatic rings. The topological polar surface area (TPSA) is 53.6 Å². The molecule has 4 heteroatoms. The van der Waals surface area contributed by atoms with E-state index in [0.717, 1.165) is 18.3 Å². The van der Waals surface area contributed by atoms with Crippen molar-refractivity contribution in [2.75, 3.05) is 18.9 Å². The second-order valence-electron chi connectivity index (χ2n) is 5.97. The number of benzene rings is 1. The minimum absolute atomic E-state index is 0.432. The van der Waals surface area contributed by atoms with Crippen LogP contribution in [0.5, 0.6) is 0 Å². The highest BCUT2D eigenvalue weighted by Crippen LogP contribution is 2.26. The number of nitrogens with zero attached hydrogens (tertiary/aromatic N) is 2. The van der Waals surface area contributed by atoms with Crippen molar-refractivity contribution >= 4 is 11.6 Å². The molecule has 0 heterocycles. The Morgan fingerprint density at radius 1 is 1.35 bits per heavy atom. The van der Waals surface area contributed by atoms with E-state index >= 15 is 0 Å². The standard InChI is InChI=1S/C16H26N4/c1-11-7-12(2)9-14(8-11)19-16(17)18-10-13(3)20(4)15-5-6-15/h7-9,13,15H,5-6,10H2,1-4H3,(H3,17,18,19). The Balaban J connectivity index is 1.89. The van der Waals surface area contributed by atoms with Crippen LogP contribution in [-0.2, 0) is 0 Å². The SMILES string of the molecule is Cc1cc(C)cc(NC(N)=NCC(C)N(C)C2CC2)c1. The Bertz CT molecular complexity index is 471. The number of nitrogens with one attached hydrogen (secondary N) is 1. The van der Waals surface area contributed by atoms with Gasteiger partial charge in [-0.25, -0.2) is 0 Å². The number of nitrogens with two attached hydrogens (primary N) is 1. The summed E-state index contributed by atoms with van der Waals surface area (Å²) in [6.07, 6.45) is 2.64. The number of hydrogen-bond donors (Lipinski definition) is 2. The van der Waals surface area contributed by atoms with E-state index in [1.807, 2.05) is 0 Å². The first-order chi connectivity index (χ1) is 9.45. The van der Waals surface area contributed by atoms with Crippen LogP contribution in [0.2, 0.25) is 0 Å².